The lowest BCUT2D eigenvalue weighted by Crippen LogP contribution is -2.49. The van der Waals surface area contributed by atoms with Crippen molar-refractivity contribution in [2.75, 3.05) is 12.3 Å². The third-order valence-corrected chi connectivity index (χ3v) is 6.16. The van der Waals surface area contributed by atoms with Crippen LogP contribution in [-0.2, 0) is 6.61 Å². The van der Waals surface area contributed by atoms with Gasteiger partial charge in [0, 0.05) is 29.1 Å². The van der Waals surface area contributed by atoms with Crippen LogP contribution in [0.15, 0.2) is 60.8 Å². The molecule has 32 heavy (non-hydrogen) atoms. The van der Waals surface area contributed by atoms with Crippen LogP contribution < -0.4 is 10.5 Å². The van der Waals surface area contributed by atoms with Crippen molar-refractivity contribution < 1.29 is 14.6 Å². The molecule has 6 nitrogen and oxygen atoms in total. The Labute approximate surface area is 188 Å². The maximum atomic E-state index is 13.7. The highest BCUT2D eigenvalue weighted by Gasteiger charge is 2.32. The number of hydrogen-bond donors (Lipinski definition) is 2. The van der Waals surface area contributed by atoms with Crippen LogP contribution in [0.4, 0.5) is 5.69 Å². The molecule has 3 aromatic rings. The molecule has 0 saturated carbocycles. The first-order valence-corrected chi connectivity index (χ1v) is 11.0. The van der Waals surface area contributed by atoms with E-state index in [1.165, 1.54) is 0 Å². The summed E-state index contributed by atoms with van der Waals surface area (Å²) in [5.74, 6) is 0.487. The van der Waals surface area contributed by atoms with Gasteiger partial charge in [-0.25, -0.2) is 4.98 Å². The van der Waals surface area contributed by atoms with Gasteiger partial charge >= 0.3 is 0 Å². The lowest BCUT2D eigenvalue weighted by Gasteiger charge is -2.38. The molecule has 2 aromatic carbocycles. The lowest BCUT2D eigenvalue weighted by atomic mass is 9.94. The molecule has 6 heteroatoms. The summed E-state index contributed by atoms with van der Waals surface area (Å²) in [7, 11) is 0. The number of likely N-dealkylation sites (tertiary alicyclic amines) is 1. The molecule has 0 aliphatic carbocycles. The summed E-state index contributed by atoms with van der Waals surface area (Å²) < 4.78 is 6.16. The summed E-state index contributed by atoms with van der Waals surface area (Å²) in [4.78, 5) is 19.9. The van der Waals surface area contributed by atoms with E-state index in [1.807, 2.05) is 60.4 Å². The molecule has 3 N–H and O–H groups in total. The predicted octanol–water partition coefficient (Wildman–Crippen LogP) is 4.20. The van der Waals surface area contributed by atoms with Gasteiger partial charge in [-0.15, -0.1) is 0 Å². The van der Waals surface area contributed by atoms with Gasteiger partial charge < -0.3 is 20.5 Å². The molecule has 1 saturated heterocycles. The molecule has 4 rings (SSSR count). The van der Waals surface area contributed by atoms with Gasteiger partial charge in [-0.1, -0.05) is 36.4 Å². The second-order valence-electron chi connectivity index (χ2n) is 8.36. The van der Waals surface area contributed by atoms with Gasteiger partial charge in [-0.2, -0.15) is 0 Å². The van der Waals surface area contributed by atoms with Crippen molar-refractivity contribution in [1.29, 1.82) is 0 Å². The molecule has 2 unspecified atom stereocenters. The second-order valence-corrected chi connectivity index (χ2v) is 8.36. The first-order valence-electron chi connectivity index (χ1n) is 11.0. The fourth-order valence-corrected chi connectivity index (χ4v) is 4.15. The third-order valence-electron chi connectivity index (χ3n) is 6.16. The number of aliphatic hydroxyl groups is 1. The van der Waals surface area contributed by atoms with Crippen LogP contribution in [0.3, 0.4) is 0 Å². The van der Waals surface area contributed by atoms with E-state index in [1.54, 1.807) is 12.3 Å². The van der Waals surface area contributed by atoms with Gasteiger partial charge in [-0.3, -0.25) is 4.79 Å². The maximum Gasteiger partial charge on any atom is 0.254 e. The molecule has 2 heterocycles. The SMILES string of the molecule is Cc1c(N)ccnc1OC1CCC(C)N(C(=O)c2ccc(CO)cc2-c2ccccc2)C1. The Morgan fingerprint density at radius 2 is 1.97 bits per heavy atom. The Kier molecular flexibility index (Phi) is 6.42. The molecular weight excluding hydrogens is 402 g/mol. The molecule has 1 fully saturated rings. The van der Waals surface area contributed by atoms with Gasteiger partial charge in [0.15, 0.2) is 0 Å². The number of aliphatic hydroxyl groups excluding tert-OH is 1. The highest BCUT2D eigenvalue weighted by molar-refractivity contribution is 6.01. The van der Waals surface area contributed by atoms with Crippen LogP contribution in [0.5, 0.6) is 5.88 Å². The summed E-state index contributed by atoms with van der Waals surface area (Å²) in [5.41, 5.74) is 10.6. The molecular formula is C26H29N3O3. The second kappa shape index (κ2) is 9.40. The molecule has 2 atom stereocenters. The fraction of sp³-hybridized carbons (Fsp3) is 0.308. The molecule has 1 amide bonds. The number of piperidine rings is 1. The number of nitrogen functional groups attached to an aromatic ring is 1. The highest BCUT2D eigenvalue weighted by atomic mass is 16.5. The Balaban J connectivity index is 1.61. The lowest BCUT2D eigenvalue weighted by molar-refractivity contribution is 0.0372. The molecule has 0 radical (unpaired) electrons. The number of carbonyl (C=O) groups is 1. The molecule has 1 aliphatic heterocycles. The molecule has 166 valence electrons. The number of benzene rings is 2. The van der Waals surface area contributed by atoms with Crippen molar-refractivity contribution in [3.05, 3.63) is 77.5 Å². The van der Waals surface area contributed by atoms with Crippen LogP contribution in [0.1, 0.15) is 41.3 Å². The first-order chi connectivity index (χ1) is 15.5. The van der Waals surface area contributed by atoms with Crippen molar-refractivity contribution >= 4 is 11.6 Å². The fourth-order valence-electron chi connectivity index (χ4n) is 4.15. The standard InChI is InChI=1S/C26H29N3O3/c1-17-8-10-21(32-25-18(2)24(27)12-13-28-25)15-29(17)26(31)22-11-9-19(16-30)14-23(22)20-6-4-3-5-7-20/h3-7,9,11-14,17,21,30H,8,10,15-16H2,1-2H3,(H2,27,28). The Bertz CT molecular complexity index is 1100. The monoisotopic (exact) mass is 431 g/mol. The quantitative estimate of drug-likeness (QED) is 0.632. The van der Waals surface area contributed by atoms with E-state index in [-0.39, 0.29) is 24.7 Å². The first kappa shape index (κ1) is 21.8. The van der Waals surface area contributed by atoms with E-state index >= 15 is 0 Å². The van der Waals surface area contributed by atoms with Gasteiger partial charge in [0.25, 0.3) is 5.91 Å². The number of amides is 1. The summed E-state index contributed by atoms with van der Waals surface area (Å²) in [6.07, 6.45) is 3.17. The minimum Gasteiger partial charge on any atom is -0.472 e. The zero-order valence-electron chi connectivity index (χ0n) is 18.5. The van der Waals surface area contributed by atoms with E-state index in [0.717, 1.165) is 35.1 Å². The van der Waals surface area contributed by atoms with E-state index in [4.69, 9.17) is 10.5 Å². The van der Waals surface area contributed by atoms with Crippen molar-refractivity contribution in [3.8, 4) is 17.0 Å². The minimum absolute atomic E-state index is 0.0357. The zero-order valence-corrected chi connectivity index (χ0v) is 18.5. The van der Waals surface area contributed by atoms with Gasteiger partial charge in [0.1, 0.15) is 6.10 Å². The normalized spacial score (nSPS) is 18.4. The Hall–Kier alpha value is -3.38. The molecule has 0 bridgehead atoms. The summed E-state index contributed by atoms with van der Waals surface area (Å²) >= 11 is 0. The van der Waals surface area contributed by atoms with Crippen molar-refractivity contribution in [3.63, 3.8) is 0 Å². The van der Waals surface area contributed by atoms with E-state index in [9.17, 15) is 9.90 Å². The third kappa shape index (κ3) is 4.46. The Morgan fingerprint density at radius 3 is 2.72 bits per heavy atom. The number of ether oxygens (including phenoxy) is 1. The number of hydrogen-bond acceptors (Lipinski definition) is 5. The maximum absolute atomic E-state index is 13.7. The minimum atomic E-state index is -0.153. The van der Waals surface area contributed by atoms with Crippen LogP contribution in [-0.4, -0.2) is 39.6 Å². The average Bonchev–Trinajstić information content (AvgIpc) is 2.83. The molecule has 1 aromatic heterocycles. The van der Waals surface area contributed by atoms with Crippen molar-refractivity contribution in [2.45, 2.75) is 45.4 Å². The smallest absolute Gasteiger partial charge is 0.254 e. The Morgan fingerprint density at radius 1 is 1.19 bits per heavy atom. The number of rotatable bonds is 5. The van der Waals surface area contributed by atoms with Crippen molar-refractivity contribution in [1.82, 2.24) is 9.88 Å². The summed E-state index contributed by atoms with van der Waals surface area (Å²) in [5, 5.41) is 9.62. The summed E-state index contributed by atoms with van der Waals surface area (Å²) in [6, 6.07) is 17.2. The van der Waals surface area contributed by atoms with Crippen molar-refractivity contribution in [2.24, 2.45) is 0 Å². The highest BCUT2D eigenvalue weighted by Crippen LogP contribution is 2.30. The number of pyridine rings is 1. The van der Waals surface area contributed by atoms with Gasteiger partial charge in [0.2, 0.25) is 5.88 Å². The van der Waals surface area contributed by atoms with E-state index in [2.05, 4.69) is 11.9 Å². The number of carbonyl (C=O) groups excluding carboxylic acids is 1. The predicted molar refractivity (Wildman–Crippen MR) is 125 cm³/mol. The van der Waals surface area contributed by atoms with Gasteiger partial charge in [-0.05, 0) is 61.6 Å². The van der Waals surface area contributed by atoms with Crippen LogP contribution in [0.2, 0.25) is 0 Å². The number of nitrogens with two attached hydrogens (primary N) is 1. The number of nitrogens with zero attached hydrogens (tertiary/aromatic N) is 2. The number of aromatic nitrogens is 1. The van der Waals surface area contributed by atoms with E-state index in [0.29, 0.717) is 23.7 Å². The largest absolute Gasteiger partial charge is 0.472 e. The average molecular weight is 432 g/mol. The van der Waals surface area contributed by atoms with Crippen LogP contribution in [0, 0.1) is 6.92 Å². The molecule has 1 aliphatic rings. The number of anilines is 1. The zero-order chi connectivity index (χ0) is 22.7. The van der Waals surface area contributed by atoms with Crippen LogP contribution in [0.25, 0.3) is 11.1 Å². The van der Waals surface area contributed by atoms with E-state index < -0.39 is 0 Å². The summed E-state index contributed by atoms with van der Waals surface area (Å²) in [6.45, 7) is 4.37. The molecule has 0 spiro atoms. The van der Waals surface area contributed by atoms with Gasteiger partial charge in [0.05, 0.1) is 13.2 Å². The van der Waals surface area contributed by atoms with Crippen LogP contribution >= 0.6 is 0 Å². The topological polar surface area (TPSA) is 88.7 Å².